The summed E-state index contributed by atoms with van der Waals surface area (Å²) in [7, 11) is 0. The number of carbonyl (C=O) groups is 1. The summed E-state index contributed by atoms with van der Waals surface area (Å²) in [5.74, 6) is -0.409. The molecule has 1 fully saturated rings. The van der Waals surface area contributed by atoms with Gasteiger partial charge in [0.2, 0.25) is 5.91 Å². The molecular formula is C25H23N3O2. The van der Waals surface area contributed by atoms with Gasteiger partial charge in [-0.15, -0.1) is 0 Å². The summed E-state index contributed by atoms with van der Waals surface area (Å²) in [6.45, 7) is 1.85. The molecule has 3 aromatic rings. The van der Waals surface area contributed by atoms with Gasteiger partial charge in [0, 0.05) is 18.3 Å². The number of aryl methyl sites for hydroxylation is 1. The van der Waals surface area contributed by atoms with Crippen LogP contribution in [-0.4, -0.2) is 39.6 Å². The molecule has 5 heteroatoms. The maximum atomic E-state index is 12.9. The average molecular weight is 397 g/mol. The van der Waals surface area contributed by atoms with Crippen molar-refractivity contribution in [2.75, 3.05) is 6.61 Å². The van der Waals surface area contributed by atoms with Crippen molar-refractivity contribution in [2.45, 2.75) is 31.3 Å². The zero-order valence-electron chi connectivity index (χ0n) is 16.8. The minimum absolute atomic E-state index is 0.162. The van der Waals surface area contributed by atoms with E-state index in [1.54, 1.807) is 18.5 Å². The molecule has 1 saturated heterocycles. The van der Waals surface area contributed by atoms with Crippen LogP contribution in [0.2, 0.25) is 0 Å². The maximum Gasteiger partial charge on any atom is 0.228 e. The summed E-state index contributed by atoms with van der Waals surface area (Å²) >= 11 is 0. The van der Waals surface area contributed by atoms with E-state index in [0.717, 1.165) is 22.3 Å². The van der Waals surface area contributed by atoms with Crippen LogP contribution >= 0.6 is 0 Å². The summed E-state index contributed by atoms with van der Waals surface area (Å²) in [6.07, 6.45) is 3.47. The molecule has 1 aliphatic heterocycles. The smallest absolute Gasteiger partial charge is 0.228 e. The third-order valence-electron chi connectivity index (χ3n) is 5.78. The van der Waals surface area contributed by atoms with Gasteiger partial charge in [0.15, 0.2) is 0 Å². The quantitative estimate of drug-likeness (QED) is 0.715. The molecule has 0 spiro atoms. The highest BCUT2D eigenvalue weighted by atomic mass is 16.3. The van der Waals surface area contributed by atoms with Crippen molar-refractivity contribution in [3.8, 4) is 17.2 Å². The SMILES string of the molecule is Cc1ccc(-c2ccccc2[C@@H]2[C@@H](C#N)N(C(=O)Cc3cccnc3)[C@@H]2CO)cc1. The Morgan fingerprint density at radius 3 is 2.57 bits per heavy atom. The fourth-order valence-corrected chi connectivity index (χ4v) is 4.28. The Kier molecular flexibility index (Phi) is 5.60. The molecule has 30 heavy (non-hydrogen) atoms. The van der Waals surface area contributed by atoms with Gasteiger partial charge < -0.3 is 10.0 Å². The minimum Gasteiger partial charge on any atom is -0.394 e. The lowest BCUT2D eigenvalue weighted by Crippen LogP contribution is -2.65. The Balaban J connectivity index is 1.65. The predicted octanol–water partition coefficient (Wildman–Crippen LogP) is 3.48. The number of aliphatic hydroxyl groups is 1. The van der Waals surface area contributed by atoms with Gasteiger partial charge in [0.25, 0.3) is 0 Å². The number of aliphatic hydroxyl groups excluding tert-OH is 1. The van der Waals surface area contributed by atoms with Gasteiger partial charge in [-0.2, -0.15) is 5.26 Å². The Morgan fingerprint density at radius 1 is 1.13 bits per heavy atom. The third-order valence-corrected chi connectivity index (χ3v) is 5.78. The normalized spacial score (nSPS) is 20.3. The number of amides is 1. The highest BCUT2D eigenvalue weighted by molar-refractivity contribution is 5.82. The molecule has 150 valence electrons. The van der Waals surface area contributed by atoms with Crippen molar-refractivity contribution in [1.82, 2.24) is 9.88 Å². The summed E-state index contributed by atoms with van der Waals surface area (Å²) in [4.78, 5) is 18.5. The highest BCUT2D eigenvalue weighted by Gasteiger charge is 2.52. The van der Waals surface area contributed by atoms with Crippen molar-refractivity contribution >= 4 is 5.91 Å². The second-order valence-electron chi connectivity index (χ2n) is 7.64. The molecule has 1 N–H and O–H groups in total. The number of hydrogen-bond acceptors (Lipinski definition) is 4. The van der Waals surface area contributed by atoms with E-state index in [9.17, 15) is 15.2 Å². The van der Waals surface area contributed by atoms with Gasteiger partial charge >= 0.3 is 0 Å². The van der Waals surface area contributed by atoms with Crippen LogP contribution in [0.5, 0.6) is 0 Å². The van der Waals surface area contributed by atoms with Gasteiger partial charge in [-0.05, 0) is 35.2 Å². The molecule has 4 rings (SSSR count). The lowest BCUT2D eigenvalue weighted by Gasteiger charge is -2.52. The van der Waals surface area contributed by atoms with E-state index in [0.29, 0.717) is 0 Å². The topological polar surface area (TPSA) is 77.2 Å². The number of aromatic nitrogens is 1. The van der Waals surface area contributed by atoms with Crippen LogP contribution in [0.4, 0.5) is 0 Å². The molecule has 0 unspecified atom stereocenters. The molecule has 0 radical (unpaired) electrons. The third kappa shape index (κ3) is 3.58. The van der Waals surface area contributed by atoms with Crippen LogP contribution in [0.25, 0.3) is 11.1 Å². The number of nitriles is 1. The van der Waals surface area contributed by atoms with Crippen LogP contribution in [0.15, 0.2) is 73.1 Å². The van der Waals surface area contributed by atoms with Gasteiger partial charge in [-0.25, -0.2) is 0 Å². The van der Waals surface area contributed by atoms with Crippen molar-refractivity contribution in [3.63, 3.8) is 0 Å². The Hall–Kier alpha value is -3.49. The first kappa shape index (κ1) is 19.8. The predicted molar refractivity (Wildman–Crippen MR) is 114 cm³/mol. The largest absolute Gasteiger partial charge is 0.394 e. The zero-order valence-corrected chi connectivity index (χ0v) is 16.8. The number of carbonyl (C=O) groups excluding carboxylic acids is 1. The van der Waals surface area contributed by atoms with E-state index in [1.165, 1.54) is 10.5 Å². The van der Waals surface area contributed by atoms with Gasteiger partial charge in [-0.3, -0.25) is 9.78 Å². The number of benzene rings is 2. The summed E-state index contributed by atoms with van der Waals surface area (Å²) < 4.78 is 0. The first-order chi connectivity index (χ1) is 14.6. The van der Waals surface area contributed by atoms with E-state index >= 15 is 0 Å². The van der Waals surface area contributed by atoms with Crippen molar-refractivity contribution in [2.24, 2.45) is 0 Å². The molecule has 0 bridgehead atoms. The van der Waals surface area contributed by atoms with Crippen LogP contribution in [-0.2, 0) is 11.2 Å². The average Bonchev–Trinajstić information content (AvgIpc) is 2.75. The molecule has 1 aliphatic rings. The number of pyridine rings is 1. The maximum absolute atomic E-state index is 12.9. The van der Waals surface area contributed by atoms with Crippen molar-refractivity contribution in [1.29, 1.82) is 5.26 Å². The highest BCUT2D eigenvalue weighted by Crippen LogP contribution is 2.44. The van der Waals surface area contributed by atoms with E-state index in [2.05, 4.69) is 35.3 Å². The summed E-state index contributed by atoms with van der Waals surface area (Å²) in [6, 6.07) is 21.1. The monoisotopic (exact) mass is 397 g/mol. The molecular weight excluding hydrogens is 374 g/mol. The lowest BCUT2D eigenvalue weighted by atomic mass is 9.73. The number of hydrogen-bond donors (Lipinski definition) is 1. The van der Waals surface area contributed by atoms with Crippen LogP contribution < -0.4 is 0 Å². The Morgan fingerprint density at radius 2 is 1.90 bits per heavy atom. The van der Waals surface area contributed by atoms with Crippen LogP contribution in [0.1, 0.15) is 22.6 Å². The van der Waals surface area contributed by atoms with E-state index in [4.69, 9.17) is 0 Å². The number of nitrogens with zero attached hydrogens (tertiary/aromatic N) is 3. The molecule has 2 aromatic carbocycles. The van der Waals surface area contributed by atoms with Gasteiger partial charge in [0.1, 0.15) is 6.04 Å². The second kappa shape index (κ2) is 8.48. The van der Waals surface area contributed by atoms with Crippen LogP contribution in [0.3, 0.4) is 0 Å². The van der Waals surface area contributed by atoms with Crippen molar-refractivity contribution < 1.29 is 9.90 Å². The first-order valence-electron chi connectivity index (χ1n) is 10.0. The fourth-order valence-electron chi connectivity index (χ4n) is 4.28. The minimum atomic E-state index is -0.613. The fraction of sp³-hybridized carbons (Fsp3) is 0.240. The Bertz CT molecular complexity index is 1070. The molecule has 1 amide bonds. The molecule has 0 saturated carbocycles. The molecule has 2 heterocycles. The van der Waals surface area contributed by atoms with Gasteiger partial charge in [-0.1, -0.05) is 60.2 Å². The van der Waals surface area contributed by atoms with Crippen molar-refractivity contribution in [3.05, 3.63) is 89.7 Å². The Labute approximate surface area is 176 Å². The van der Waals surface area contributed by atoms with Gasteiger partial charge in [0.05, 0.1) is 25.1 Å². The lowest BCUT2D eigenvalue weighted by molar-refractivity contribution is -0.146. The summed E-state index contributed by atoms with van der Waals surface area (Å²) in [5, 5.41) is 20.0. The molecule has 5 nitrogen and oxygen atoms in total. The number of likely N-dealkylation sites (tertiary alicyclic amines) is 1. The summed E-state index contributed by atoms with van der Waals surface area (Å²) in [5.41, 5.74) is 5.04. The first-order valence-corrected chi connectivity index (χ1v) is 10.0. The second-order valence-corrected chi connectivity index (χ2v) is 7.64. The molecule has 0 aliphatic carbocycles. The van der Waals surface area contributed by atoms with E-state index in [1.807, 2.05) is 37.3 Å². The van der Waals surface area contributed by atoms with E-state index < -0.39 is 12.1 Å². The van der Waals surface area contributed by atoms with E-state index in [-0.39, 0.29) is 24.9 Å². The van der Waals surface area contributed by atoms with Crippen LogP contribution in [0, 0.1) is 18.3 Å². The molecule has 3 atom stereocenters. The zero-order chi connectivity index (χ0) is 21.1. The standard InChI is InChI=1S/C25H23N3O2/c1-17-8-10-19(11-9-17)20-6-2-3-7-21(20)25-22(14-26)28(23(25)16-29)24(30)13-18-5-4-12-27-15-18/h2-12,15,22-23,25,29H,13,16H2,1H3/t22-,23-,25-/m1/s1. The number of rotatable bonds is 5. The molecule has 1 aromatic heterocycles.